The van der Waals surface area contributed by atoms with Gasteiger partial charge in [0.05, 0.1) is 37.1 Å². The Kier molecular flexibility index (Phi) is 7.60. The van der Waals surface area contributed by atoms with Crippen molar-refractivity contribution in [2.75, 3.05) is 12.3 Å². The molecular formula is C32H42N4O5Si. The molecule has 0 bridgehead atoms. The van der Waals surface area contributed by atoms with Gasteiger partial charge in [-0.25, -0.2) is 9.78 Å². The van der Waals surface area contributed by atoms with Crippen molar-refractivity contribution in [3.63, 3.8) is 0 Å². The third-order valence-corrected chi connectivity index (χ3v) is 12.2. The number of cyclic esters (lactones) is 1. The molecule has 2 aliphatic heterocycles. The summed E-state index contributed by atoms with van der Waals surface area (Å²) in [5.74, 6) is -1.22. The van der Waals surface area contributed by atoms with E-state index in [9.17, 15) is 14.4 Å². The van der Waals surface area contributed by atoms with Gasteiger partial charge in [-0.3, -0.25) is 9.59 Å². The molecule has 0 saturated carbocycles. The van der Waals surface area contributed by atoms with Crippen molar-refractivity contribution in [1.82, 2.24) is 9.55 Å². The fourth-order valence-electron chi connectivity index (χ4n) is 6.33. The molecule has 1 aromatic carbocycles. The molecule has 3 aromatic rings. The van der Waals surface area contributed by atoms with E-state index in [1.54, 1.807) is 11.5 Å². The predicted molar refractivity (Wildman–Crippen MR) is 167 cm³/mol. The molecule has 2 aromatic heterocycles. The van der Waals surface area contributed by atoms with Crippen LogP contribution in [0.25, 0.3) is 22.3 Å². The van der Waals surface area contributed by atoms with Crippen LogP contribution in [0.2, 0.25) is 19.1 Å². The molecule has 4 N–H and O–H groups in total. The Balaban J connectivity index is 1.73. The number of aromatic nitrogens is 2. The fraction of sp³-hybridized carbons (Fsp3) is 0.500. The summed E-state index contributed by atoms with van der Waals surface area (Å²) >= 11 is 0. The van der Waals surface area contributed by atoms with E-state index in [0.717, 1.165) is 34.6 Å². The van der Waals surface area contributed by atoms with Gasteiger partial charge in [-0.05, 0) is 59.8 Å². The highest BCUT2D eigenvalue weighted by Crippen LogP contribution is 2.41. The second-order valence-corrected chi connectivity index (χ2v) is 18.2. The summed E-state index contributed by atoms with van der Waals surface area (Å²) in [5.41, 5.74) is 14.7. The molecule has 0 aliphatic carbocycles. The second-order valence-electron chi connectivity index (χ2n) is 13.5. The number of hydrogen-bond donors (Lipinski definition) is 2. The van der Waals surface area contributed by atoms with E-state index in [2.05, 4.69) is 33.9 Å². The number of fused-ring (bicyclic) bond motifs is 5. The maximum absolute atomic E-state index is 14.1. The summed E-state index contributed by atoms with van der Waals surface area (Å²) in [4.78, 5) is 45.2. The average Bonchev–Trinajstić information content (AvgIpc) is 3.29. The summed E-state index contributed by atoms with van der Waals surface area (Å²) in [7, 11) is -2.07. The fourth-order valence-corrected chi connectivity index (χ4v) is 9.90. The van der Waals surface area contributed by atoms with Crippen molar-refractivity contribution < 1.29 is 19.1 Å². The molecule has 9 nitrogen and oxygen atoms in total. The first kappa shape index (κ1) is 30.0. The quantitative estimate of drug-likeness (QED) is 0.176. The number of pyridine rings is 2. The highest BCUT2D eigenvalue weighted by molar-refractivity contribution is 6.91. The van der Waals surface area contributed by atoms with Gasteiger partial charge in [0.1, 0.15) is 6.61 Å². The van der Waals surface area contributed by atoms with Crippen molar-refractivity contribution >= 4 is 41.8 Å². The summed E-state index contributed by atoms with van der Waals surface area (Å²) < 4.78 is 13.1. The van der Waals surface area contributed by atoms with Gasteiger partial charge in [0.15, 0.2) is 0 Å². The molecule has 0 amide bonds. The monoisotopic (exact) mass is 590 g/mol. The molecule has 10 heteroatoms. The van der Waals surface area contributed by atoms with E-state index in [0.29, 0.717) is 42.0 Å². The first-order valence-electron chi connectivity index (χ1n) is 14.8. The van der Waals surface area contributed by atoms with Crippen LogP contribution in [0, 0.1) is 5.41 Å². The molecule has 2 aliphatic rings. The van der Waals surface area contributed by atoms with Gasteiger partial charge in [-0.2, -0.15) is 0 Å². The van der Waals surface area contributed by atoms with Crippen LogP contribution < -0.4 is 22.2 Å². The first-order chi connectivity index (χ1) is 19.7. The lowest BCUT2D eigenvalue weighted by Crippen LogP contribution is -2.47. The Morgan fingerprint density at radius 1 is 1.19 bits per heavy atom. The molecule has 42 heavy (non-hydrogen) atoms. The largest absolute Gasteiger partial charge is 0.457 e. The molecule has 5 rings (SSSR count). The minimum atomic E-state index is -2.07. The molecule has 0 saturated heterocycles. The standard InChI is InChI=1S/C32H42N4O5Si/c1-7-32(41-26(37)9-8-13-33)23-16-25-27-21(17-36(25)29(38)22(23)18-40-30(32)39)28(42(5,6)14-12-31(2,3)4)20-15-19(34)10-11-24(20)35-27/h10-11,15-16H,7-9,12-14,17-18,33-34H2,1-6H3/t32-/m0/s1. The molecule has 0 unspecified atom stereocenters. The summed E-state index contributed by atoms with van der Waals surface area (Å²) in [6.45, 7) is 13.8. The van der Waals surface area contributed by atoms with Crippen LogP contribution in [0.5, 0.6) is 0 Å². The Bertz CT molecular complexity index is 1660. The van der Waals surface area contributed by atoms with Crippen molar-refractivity contribution in [3.05, 3.63) is 51.3 Å². The highest BCUT2D eigenvalue weighted by Gasteiger charge is 2.50. The third kappa shape index (κ3) is 5.04. The van der Waals surface area contributed by atoms with Gasteiger partial charge >= 0.3 is 11.9 Å². The Hall–Kier alpha value is -3.50. The van der Waals surface area contributed by atoms with Crippen LogP contribution in [0.3, 0.4) is 0 Å². The number of nitrogen functional groups attached to an aromatic ring is 1. The Morgan fingerprint density at radius 2 is 1.93 bits per heavy atom. The second kappa shape index (κ2) is 10.6. The predicted octanol–water partition coefficient (Wildman–Crippen LogP) is 4.30. The molecular weight excluding hydrogens is 548 g/mol. The number of carbonyl (C=O) groups is 2. The zero-order valence-corrected chi connectivity index (χ0v) is 26.6. The number of rotatable bonds is 8. The van der Waals surface area contributed by atoms with Crippen LogP contribution in [0.1, 0.15) is 70.1 Å². The SMILES string of the molecule is CC[C@@]1(OC(=O)CCCN)C(=O)OCc2c1cc1n(c2=O)Cc2c-1nc1ccc(N)cc1c2[Si](C)(C)CCC(C)(C)C. The van der Waals surface area contributed by atoms with E-state index in [1.807, 2.05) is 24.3 Å². The maximum atomic E-state index is 14.1. The molecule has 1 atom stereocenters. The maximum Gasteiger partial charge on any atom is 0.355 e. The van der Waals surface area contributed by atoms with Crippen LogP contribution in [-0.4, -0.2) is 36.1 Å². The van der Waals surface area contributed by atoms with E-state index in [4.69, 9.17) is 25.9 Å². The van der Waals surface area contributed by atoms with E-state index >= 15 is 0 Å². The molecule has 0 fully saturated rings. The van der Waals surface area contributed by atoms with Crippen LogP contribution in [0.15, 0.2) is 29.1 Å². The summed E-state index contributed by atoms with van der Waals surface area (Å²) in [6, 6.07) is 8.69. The van der Waals surface area contributed by atoms with E-state index in [1.165, 1.54) is 5.19 Å². The summed E-state index contributed by atoms with van der Waals surface area (Å²) in [5, 5.41) is 2.31. The lowest BCUT2D eigenvalue weighted by molar-refractivity contribution is -0.189. The van der Waals surface area contributed by atoms with Crippen LogP contribution in [-0.2, 0) is 37.8 Å². The topological polar surface area (TPSA) is 140 Å². The zero-order valence-electron chi connectivity index (χ0n) is 25.6. The van der Waals surface area contributed by atoms with Gasteiger partial charge in [-0.1, -0.05) is 53.3 Å². The number of esters is 2. The summed E-state index contributed by atoms with van der Waals surface area (Å²) in [6.07, 6.45) is 1.70. The number of benzene rings is 1. The smallest absolute Gasteiger partial charge is 0.355 e. The highest BCUT2D eigenvalue weighted by atomic mass is 28.3. The van der Waals surface area contributed by atoms with Crippen molar-refractivity contribution in [3.8, 4) is 11.4 Å². The van der Waals surface area contributed by atoms with Crippen LogP contribution in [0.4, 0.5) is 5.69 Å². The Morgan fingerprint density at radius 3 is 2.60 bits per heavy atom. The zero-order chi connectivity index (χ0) is 30.6. The third-order valence-electron chi connectivity index (χ3n) is 8.73. The Labute approximate surface area is 247 Å². The first-order valence-corrected chi connectivity index (χ1v) is 18.0. The number of hydrogen-bond acceptors (Lipinski definition) is 8. The molecule has 224 valence electrons. The number of nitrogens with zero attached hydrogens (tertiary/aromatic N) is 2. The van der Waals surface area contributed by atoms with Gasteiger partial charge in [-0.15, -0.1) is 0 Å². The van der Waals surface area contributed by atoms with Crippen LogP contribution >= 0.6 is 0 Å². The number of anilines is 1. The van der Waals surface area contributed by atoms with E-state index < -0.39 is 25.6 Å². The lowest BCUT2D eigenvalue weighted by Gasteiger charge is -2.35. The number of carbonyl (C=O) groups excluding carboxylic acids is 2. The van der Waals surface area contributed by atoms with E-state index in [-0.39, 0.29) is 30.4 Å². The van der Waals surface area contributed by atoms with Gasteiger partial charge in [0.2, 0.25) is 5.60 Å². The number of nitrogens with two attached hydrogens (primary N) is 2. The minimum absolute atomic E-state index is 0.0714. The van der Waals surface area contributed by atoms with Crippen molar-refractivity contribution in [1.29, 1.82) is 0 Å². The molecule has 0 radical (unpaired) electrons. The molecule has 4 heterocycles. The normalized spacial score (nSPS) is 17.9. The van der Waals surface area contributed by atoms with Gasteiger partial charge < -0.3 is 25.5 Å². The van der Waals surface area contributed by atoms with Gasteiger partial charge in [0, 0.05) is 23.1 Å². The van der Waals surface area contributed by atoms with Crippen molar-refractivity contribution in [2.45, 2.75) is 91.3 Å². The molecule has 0 spiro atoms. The lowest BCUT2D eigenvalue weighted by atomic mass is 9.85. The average molecular weight is 591 g/mol. The number of ether oxygens (including phenoxy) is 2. The minimum Gasteiger partial charge on any atom is -0.457 e. The van der Waals surface area contributed by atoms with Crippen molar-refractivity contribution in [2.24, 2.45) is 11.1 Å². The van der Waals surface area contributed by atoms with Gasteiger partial charge in [0.25, 0.3) is 5.56 Å².